The maximum atomic E-state index is 13.2. The second-order valence-corrected chi connectivity index (χ2v) is 8.87. The highest BCUT2D eigenvalue weighted by atomic mass is 16.2. The topological polar surface area (TPSA) is 40.6 Å². The number of hydrogen-bond donors (Lipinski definition) is 0. The lowest BCUT2D eigenvalue weighted by Crippen LogP contribution is -2.40. The summed E-state index contributed by atoms with van der Waals surface area (Å²) in [6, 6.07) is 12.6. The molecular weight excluding hydrogens is 360 g/mol. The van der Waals surface area contributed by atoms with Gasteiger partial charge in [0, 0.05) is 37.8 Å². The fourth-order valence-electron chi connectivity index (χ4n) is 4.42. The summed E-state index contributed by atoms with van der Waals surface area (Å²) < 4.78 is 0. The van der Waals surface area contributed by atoms with Crippen molar-refractivity contribution in [1.82, 2.24) is 9.80 Å². The van der Waals surface area contributed by atoms with E-state index in [9.17, 15) is 9.59 Å². The average Bonchev–Trinajstić information content (AvgIpc) is 2.72. The Hall–Kier alpha value is -2.62. The lowest BCUT2D eigenvalue weighted by atomic mass is 9.90. The minimum Gasteiger partial charge on any atom is -0.341 e. The molecule has 2 aliphatic rings. The van der Waals surface area contributed by atoms with Crippen molar-refractivity contribution in [3.8, 4) is 0 Å². The van der Waals surface area contributed by atoms with Crippen LogP contribution in [0.1, 0.15) is 75.6 Å². The Bertz CT molecular complexity index is 963. The fraction of sp³-hybridized carbons (Fsp3) is 0.440. The van der Waals surface area contributed by atoms with E-state index in [1.54, 1.807) is 4.90 Å². The molecule has 0 saturated heterocycles. The normalized spacial score (nSPS) is 17.4. The van der Waals surface area contributed by atoms with Crippen LogP contribution in [-0.4, -0.2) is 48.3 Å². The van der Waals surface area contributed by atoms with Gasteiger partial charge >= 0.3 is 0 Å². The van der Waals surface area contributed by atoms with Gasteiger partial charge in [-0.25, -0.2) is 0 Å². The molecule has 1 unspecified atom stereocenters. The van der Waals surface area contributed by atoms with Crippen LogP contribution in [0.5, 0.6) is 0 Å². The van der Waals surface area contributed by atoms with Crippen molar-refractivity contribution in [3.63, 3.8) is 0 Å². The minimum absolute atomic E-state index is 0.101. The SMILES string of the molecule is CC(C)c1ccc2c(c1)C(=O)N(CC(C)c1ccc3c(c1)C(=O)N(C)CC3)CC2. The van der Waals surface area contributed by atoms with Crippen molar-refractivity contribution < 1.29 is 9.59 Å². The lowest BCUT2D eigenvalue weighted by Gasteiger charge is -2.32. The molecule has 0 aliphatic carbocycles. The summed E-state index contributed by atoms with van der Waals surface area (Å²) in [7, 11) is 1.86. The Labute approximate surface area is 173 Å². The van der Waals surface area contributed by atoms with Gasteiger partial charge in [-0.05, 0) is 59.1 Å². The van der Waals surface area contributed by atoms with Crippen LogP contribution in [0.25, 0.3) is 0 Å². The molecule has 0 aromatic heterocycles. The monoisotopic (exact) mass is 390 g/mol. The largest absolute Gasteiger partial charge is 0.341 e. The maximum Gasteiger partial charge on any atom is 0.254 e. The molecule has 29 heavy (non-hydrogen) atoms. The predicted molar refractivity (Wildman–Crippen MR) is 116 cm³/mol. The summed E-state index contributed by atoms with van der Waals surface area (Å²) in [6.45, 7) is 8.66. The third-order valence-corrected chi connectivity index (χ3v) is 6.46. The van der Waals surface area contributed by atoms with Gasteiger partial charge in [0.25, 0.3) is 11.8 Å². The Balaban J connectivity index is 1.53. The molecule has 0 spiro atoms. The number of benzene rings is 2. The molecule has 0 radical (unpaired) electrons. The number of fused-ring (bicyclic) bond motifs is 2. The van der Waals surface area contributed by atoms with Gasteiger partial charge in [0.05, 0.1) is 0 Å². The summed E-state index contributed by atoms with van der Waals surface area (Å²) >= 11 is 0. The average molecular weight is 391 g/mol. The van der Waals surface area contributed by atoms with E-state index in [1.807, 2.05) is 18.0 Å². The van der Waals surface area contributed by atoms with Gasteiger partial charge in [-0.15, -0.1) is 0 Å². The third-order valence-electron chi connectivity index (χ3n) is 6.46. The molecule has 1 atom stereocenters. The second-order valence-electron chi connectivity index (χ2n) is 8.87. The molecule has 4 rings (SSSR count). The molecule has 4 heteroatoms. The third kappa shape index (κ3) is 3.68. The quantitative estimate of drug-likeness (QED) is 0.783. The number of hydrogen-bond acceptors (Lipinski definition) is 2. The van der Waals surface area contributed by atoms with Crippen molar-refractivity contribution in [3.05, 3.63) is 69.8 Å². The molecule has 2 aromatic rings. The van der Waals surface area contributed by atoms with Crippen molar-refractivity contribution in [2.75, 3.05) is 26.7 Å². The Morgan fingerprint density at radius 2 is 1.41 bits per heavy atom. The Kier molecular flexibility index (Phi) is 5.20. The molecular formula is C25H30N2O2. The minimum atomic E-state index is 0.101. The number of likely N-dealkylation sites (N-methyl/N-ethyl adjacent to an activating group) is 1. The van der Waals surface area contributed by atoms with Gasteiger partial charge in [0.2, 0.25) is 0 Å². The predicted octanol–water partition coefficient (Wildman–Crippen LogP) is 4.24. The first-order valence-electron chi connectivity index (χ1n) is 10.7. The molecule has 0 saturated carbocycles. The summed E-state index contributed by atoms with van der Waals surface area (Å²) in [5, 5.41) is 0. The zero-order valence-electron chi connectivity index (χ0n) is 17.9. The van der Waals surface area contributed by atoms with Crippen LogP contribution in [0.2, 0.25) is 0 Å². The standard InChI is InChI=1S/C25H30N2O2/c1-16(2)20-7-5-19-10-12-27(25(29)23(19)13-20)15-17(3)21-8-6-18-9-11-26(4)24(28)22(18)14-21/h5-8,13-14,16-17H,9-12,15H2,1-4H3. The summed E-state index contributed by atoms with van der Waals surface area (Å²) in [4.78, 5) is 29.4. The second kappa shape index (κ2) is 7.66. The molecule has 2 aliphatic heterocycles. The van der Waals surface area contributed by atoms with E-state index in [4.69, 9.17) is 0 Å². The van der Waals surface area contributed by atoms with Crippen LogP contribution in [0.15, 0.2) is 36.4 Å². The van der Waals surface area contributed by atoms with Crippen molar-refractivity contribution in [2.45, 2.75) is 45.4 Å². The van der Waals surface area contributed by atoms with Gasteiger partial charge in [0.1, 0.15) is 0 Å². The first-order valence-corrected chi connectivity index (χ1v) is 10.7. The first kappa shape index (κ1) is 19.7. The van der Waals surface area contributed by atoms with Crippen LogP contribution in [0, 0.1) is 0 Å². The molecule has 2 amide bonds. The van der Waals surface area contributed by atoms with Crippen LogP contribution in [0.4, 0.5) is 0 Å². The highest BCUT2D eigenvalue weighted by molar-refractivity contribution is 5.97. The smallest absolute Gasteiger partial charge is 0.254 e. The molecule has 0 fully saturated rings. The number of carbonyl (C=O) groups is 2. The van der Waals surface area contributed by atoms with Gasteiger partial charge in [0.15, 0.2) is 0 Å². The lowest BCUT2D eigenvalue weighted by molar-refractivity contribution is 0.0729. The van der Waals surface area contributed by atoms with E-state index in [-0.39, 0.29) is 17.7 Å². The van der Waals surface area contributed by atoms with E-state index in [0.717, 1.165) is 53.7 Å². The number of rotatable bonds is 4. The van der Waals surface area contributed by atoms with E-state index in [2.05, 4.69) is 51.1 Å². The van der Waals surface area contributed by atoms with Crippen LogP contribution in [0.3, 0.4) is 0 Å². The molecule has 2 aromatic carbocycles. The first-order chi connectivity index (χ1) is 13.8. The molecule has 0 N–H and O–H groups in total. The maximum absolute atomic E-state index is 13.2. The van der Waals surface area contributed by atoms with E-state index in [1.165, 1.54) is 5.56 Å². The molecule has 152 valence electrons. The van der Waals surface area contributed by atoms with Crippen LogP contribution in [-0.2, 0) is 12.8 Å². The zero-order valence-corrected chi connectivity index (χ0v) is 17.9. The van der Waals surface area contributed by atoms with E-state index < -0.39 is 0 Å². The van der Waals surface area contributed by atoms with Gasteiger partial charge in [-0.2, -0.15) is 0 Å². The number of carbonyl (C=O) groups excluding carboxylic acids is 2. The van der Waals surface area contributed by atoms with Gasteiger partial charge < -0.3 is 9.80 Å². The summed E-state index contributed by atoms with van der Waals surface area (Å²) in [5.74, 6) is 0.825. The van der Waals surface area contributed by atoms with Gasteiger partial charge in [-0.3, -0.25) is 9.59 Å². The summed E-state index contributed by atoms with van der Waals surface area (Å²) in [5.41, 5.74) is 6.31. The van der Waals surface area contributed by atoms with Crippen LogP contribution >= 0.6 is 0 Å². The number of amides is 2. The van der Waals surface area contributed by atoms with Crippen molar-refractivity contribution in [1.29, 1.82) is 0 Å². The Morgan fingerprint density at radius 3 is 2.10 bits per heavy atom. The highest BCUT2D eigenvalue weighted by Crippen LogP contribution is 2.28. The highest BCUT2D eigenvalue weighted by Gasteiger charge is 2.27. The molecule has 4 nitrogen and oxygen atoms in total. The number of nitrogens with zero attached hydrogens (tertiary/aromatic N) is 2. The molecule has 2 heterocycles. The molecule has 0 bridgehead atoms. The fourth-order valence-corrected chi connectivity index (χ4v) is 4.42. The summed E-state index contributed by atoms with van der Waals surface area (Å²) in [6.07, 6.45) is 1.81. The van der Waals surface area contributed by atoms with Gasteiger partial charge in [-0.1, -0.05) is 45.0 Å². The van der Waals surface area contributed by atoms with E-state index in [0.29, 0.717) is 12.5 Å². The van der Waals surface area contributed by atoms with Crippen LogP contribution < -0.4 is 0 Å². The van der Waals surface area contributed by atoms with Crippen molar-refractivity contribution >= 4 is 11.8 Å². The Morgan fingerprint density at radius 1 is 0.828 bits per heavy atom. The van der Waals surface area contributed by atoms with Crippen molar-refractivity contribution in [2.24, 2.45) is 0 Å². The zero-order chi connectivity index (χ0) is 20.7. The van der Waals surface area contributed by atoms with E-state index >= 15 is 0 Å².